The maximum Gasteiger partial charge on any atom is 0.340 e. The summed E-state index contributed by atoms with van der Waals surface area (Å²) in [6.07, 6.45) is -2.66. The van der Waals surface area contributed by atoms with Gasteiger partial charge in [0.25, 0.3) is 5.91 Å². The number of nitrogens with one attached hydrogen (secondary N) is 1. The Bertz CT molecular complexity index is 483. The average molecular weight is 323 g/mol. The molecule has 9 heteroatoms. The zero-order valence-corrected chi connectivity index (χ0v) is 12.2. The Morgan fingerprint density at radius 2 is 2.14 bits per heavy atom. The van der Waals surface area contributed by atoms with Crippen molar-refractivity contribution < 1.29 is 27.1 Å². The number of amides is 1. The van der Waals surface area contributed by atoms with Gasteiger partial charge in [-0.1, -0.05) is 0 Å². The third kappa shape index (κ3) is 5.14. The highest BCUT2D eigenvalue weighted by Crippen LogP contribution is 2.23. The van der Waals surface area contributed by atoms with Crippen LogP contribution in [0.15, 0.2) is 18.3 Å². The Kier molecular flexibility index (Phi) is 6.54. The number of hydrogen-bond acceptors (Lipinski definition) is 4. The molecular formula is C13H17F4N3O2. The lowest BCUT2D eigenvalue weighted by Crippen LogP contribution is -2.34. The second kappa shape index (κ2) is 7.92. The topological polar surface area (TPSA) is 54.5 Å². The van der Waals surface area contributed by atoms with Gasteiger partial charge in [-0.2, -0.15) is 8.78 Å². The molecule has 124 valence electrons. The van der Waals surface area contributed by atoms with Gasteiger partial charge in [0.1, 0.15) is 0 Å². The third-order valence-electron chi connectivity index (χ3n) is 2.76. The van der Waals surface area contributed by atoms with Crippen LogP contribution in [0.25, 0.3) is 0 Å². The number of hydrogen-bond donors (Lipinski definition) is 1. The van der Waals surface area contributed by atoms with E-state index in [4.69, 9.17) is 0 Å². The van der Waals surface area contributed by atoms with Crippen molar-refractivity contribution in [1.29, 1.82) is 0 Å². The van der Waals surface area contributed by atoms with Gasteiger partial charge in [-0.15, -0.1) is 0 Å². The zero-order valence-electron chi connectivity index (χ0n) is 12.2. The van der Waals surface area contributed by atoms with Crippen molar-refractivity contribution in [3.05, 3.63) is 23.9 Å². The van der Waals surface area contributed by atoms with Gasteiger partial charge < -0.3 is 15.0 Å². The first kappa shape index (κ1) is 18.1. The van der Waals surface area contributed by atoms with E-state index in [2.05, 4.69) is 15.0 Å². The minimum atomic E-state index is -4.25. The summed E-state index contributed by atoms with van der Waals surface area (Å²) in [7, 11) is 3.36. The molecule has 0 aliphatic rings. The maximum atomic E-state index is 12.7. The fourth-order valence-corrected chi connectivity index (χ4v) is 1.43. The summed E-state index contributed by atoms with van der Waals surface area (Å²) in [6, 6.07) is 2.52. The summed E-state index contributed by atoms with van der Waals surface area (Å²) in [4.78, 5) is 17.1. The number of likely N-dealkylation sites (N-methyl/N-ethyl adjacent to an activating group) is 2. The Hall–Kier alpha value is -1.90. The van der Waals surface area contributed by atoms with Crippen molar-refractivity contribution in [3.8, 4) is 5.88 Å². The van der Waals surface area contributed by atoms with Gasteiger partial charge >= 0.3 is 12.3 Å². The molecule has 0 radical (unpaired) electrons. The van der Waals surface area contributed by atoms with Crippen molar-refractivity contribution >= 4 is 5.91 Å². The molecule has 1 rings (SSSR count). The van der Waals surface area contributed by atoms with E-state index in [9.17, 15) is 22.4 Å². The number of pyridine rings is 1. The van der Waals surface area contributed by atoms with E-state index in [1.165, 1.54) is 17.0 Å². The second-order valence-electron chi connectivity index (χ2n) is 4.57. The van der Waals surface area contributed by atoms with E-state index in [0.717, 1.165) is 6.20 Å². The summed E-state index contributed by atoms with van der Waals surface area (Å²) < 4.78 is 53.8. The molecule has 0 saturated carbocycles. The fraction of sp³-hybridized carbons (Fsp3) is 0.538. The Morgan fingerprint density at radius 3 is 2.64 bits per heavy atom. The molecule has 5 nitrogen and oxygen atoms in total. The first-order chi connectivity index (χ1) is 10.3. The van der Waals surface area contributed by atoms with E-state index in [-0.39, 0.29) is 17.4 Å². The normalized spacial score (nSPS) is 11.6. The lowest BCUT2D eigenvalue weighted by atomic mass is 10.2. The van der Waals surface area contributed by atoms with Crippen LogP contribution in [0, 0.1) is 0 Å². The molecule has 0 aromatic carbocycles. The highest BCUT2D eigenvalue weighted by Gasteiger charge is 2.41. The first-order valence-electron chi connectivity index (χ1n) is 6.43. The predicted octanol–water partition coefficient (Wildman–Crippen LogP) is 1.65. The highest BCUT2D eigenvalue weighted by molar-refractivity contribution is 5.93. The second-order valence-corrected chi connectivity index (χ2v) is 4.57. The molecule has 0 aliphatic carbocycles. The van der Waals surface area contributed by atoms with E-state index in [0.29, 0.717) is 13.1 Å². The maximum absolute atomic E-state index is 12.7. The molecule has 1 N–H and O–H groups in total. The van der Waals surface area contributed by atoms with E-state index >= 15 is 0 Å². The molecule has 1 aromatic heterocycles. The molecule has 0 unspecified atom stereocenters. The molecule has 0 aliphatic heterocycles. The predicted molar refractivity (Wildman–Crippen MR) is 71.6 cm³/mol. The van der Waals surface area contributed by atoms with Crippen LogP contribution < -0.4 is 10.1 Å². The summed E-state index contributed by atoms with van der Waals surface area (Å²) in [6.45, 7) is -0.388. The summed E-state index contributed by atoms with van der Waals surface area (Å²) in [5, 5.41) is 2.89. The smallest absolute Gasteiger partial charge is 0.340 e. The Labute approximate surface area is 125 Å². The van der Waals surface area contributed by atoms with Crippen LogP contribution in [0.5, 0.6) is 5.88 Å². The number of alkyl halides is 4. The highest BCUT2D eigenvalue weighted by atomic mass is 19.3. The molecule has 0 atom stereocenters. The van der Waals surface area contributed by atoms with Gasteiger partial charge in [-0.25, -0.2) is 13.8 Å². The number of nitrogens with zero attached hydrogens (tertiary/aromatic N) is 2. The molecule has 0 saturated heterocycles. The Morgan fingerprint density at radius 1 is 1.45 bits per heavy atom. The molecule has 0 spiro atoms. The van der Waals surface area contributed by atoms with Crippen LogP contribution >= 0.6 is 0 Å². The van der Waals surface area contributed by atoms with Gasteiger partial charge in [-0.05, 0) is 13.1 Å². The summed E-state index contributed by atoms with van der Waals surface area (Å²) in [5.74, 6) is -4.80. The van der Waals surface area contributed by atoms with Crippen molar-refractivity contribution in [2.45, 2.75) is 12.3 Å². The van der Waals surface area contributed by atoms with Gasteiger partial charge in [0.15, 0.2) is 6.61 Å². The van der Waals surface area contributed by atoms with Crippen LogP contribution in [-0.4, -0.2) is 61.9 Å². The van der Waals surface area contributed by atoms with Crippen LogP contribution in [-0.2, 0) is 0 Å². The van der Waals surface area contributed by atoms with Crippen molar-refractivity contribution in [1.82, 2.24) is 15.2 Å². The van der Waals surface area contributed by atoms with E-state index in [1.807, 2.05) is 0 Å². The fourth-order valence-electron chi connectivity index (χ4n) is 1.43. The van der Waals surface area contributed by atoms with Crippen molar-refractivity contribution in [2.24, 2.45) is 0 Å². The summed E-state index contributed by atoms with van der Waals surface area (Å²) in [5.41, 5.74) is 0.242. The van der Waals surface area contributed by atoms with Gasteiger partial charge in [0, 0.05) is 32.4 Å². The van der Waals surface area contributed by atoms with Gasteiger partial charge in [-0.3, -0.25) is 4.79 Å². The van der Waals surface area contributed by atoms with Crippen LogP contribution in [0.2, 0.25) is 0 Å². The molecular weight excluding hydrogens is 306 g/mol. The monoisotopic (exact) mass is 323 g/mol. The van der Waals surface area contributed by atoms with Crippen LogP contribution in [0.3, 0.4) is 0 Å². The number of ether oxygens (including phenoxy) is 1. The van der Waals surface area contributed by atoms with Crippen molar-refractivity contribution in [2.75, 3.05) is 33.8 Å². The van der Waals surface area contributed by atoms with E-state index in [1.54, 1.807) is 14.1 Å². The first-order valence-corrected chi connectivity index (χ1v) is 6.43. The average Bonchev–Trinajstić information content (AvgIpc) is 2.50. The number of carbonyl (C=O) groups excluding carboxylic acids is 1. The number of carbonyl (C=O) groups is 1. The molecule has 1 aromatic rings. The Balaban J connectivity index is 2.61. The molecule has 0 bridgehead atoms. The van der Waals surface area contributed by atoms with Crippen molar-refractivity contribution in [3.63, 3.8) is 0 Å². The van der Waals surface area contributed by atoms with E-state index < -0.39 is 19.0 Å². The SMILES string of the molecule is CNCCN(C)C(=O)c1ccc(OCC(F)(F)C(F)F)nc1. The number of aromatic nitrogens is 1. The van der Waals surface area contributed by atoms with Crippen LogP contribution in [0.4, 0.5) is 17.6 Å². The quantitative estimate of drug-likeness (QED) is 0.739. The van der Waals surface area contributed by atoms with Gasteiger partial charge in [0.05, 0.1) is 5.56 Å². The largest absolute Gasteiger partial charge is 0.471 e. The van der Waals surface area contributed by atoms with Crippen LogP contribution in [0.1, 0.15) is 10.4 Å². The molecule has 0 fully saturated rings. The number of rotatable bonds is 8. The zero-order chi connectivity index (χ0) is 16.8. The molecule has 22 heavy (non-hydrogen) atoms. The molecule has 1 amide bonds. The third-order valence-corrected chi connectivity index (χ3v) is 2.76. The van der Waals surface area contributed by atoms with Gasteiger partial charge in [0.2, 0.25) is 5.88 Å². The standard InChI is InChI=1S/C13H17F4N3O2/c1-18-5-6-20(2)11(21)9-3-4-10(19-7-9)22-8-13(16,17)12(14)15/h3-4,7,12,18H,5-6,8H2,1-2H3. The lowest BCUT2D eigenvalue weighted by molar-refractivity contribution is -0.148. The molecule has 1 heterocycles. The lowest BCUT2D eigenvalue weighted by Gasteiger charge is -2.17. The minimum Gasteiger partial charge on any atom is -0.471 e. The number of halogens is 4. The summed E-state index contributed by atoms with van der Waals surface area (Å²) >= 11 is 0. The minimum absolute atomic E-state index is 0.242.